The van der Waals surface area contributed by atoms with Crippen LogP contribution >= 0.6 is 0 Å². The number of nitrogens with one attached hydrogen (secondary N) is 1. The van der Waals surface area contributed by atoms with Gasteiger partial charge >= 0.3 is 59.1 Å². The number of fused-ring (bicyclic) bond motifs is 2. The Bertz CT molecular complexity index is 2770. The molecule has 2 aliphatic rings. The Kier molecular flexibility index (Phi) is 12.4. The number of hydrogen-bond acceptors (Lipinski definition) is 11. The van der Waals surface area contributed by atoms with E-state index in [0.29, 0.717) is 38.8 Å². The van der Waals surface area contributed by atoms with Gasteiger partial charge in [-0.2, -0.15) is 8.42 Å². The van der Waals surface area contributed by atoms with Crippen molar-refractivity contribution in [3.63, 3.8) is 0 Å². The van der Waals surface area contributed by atoms with Gasteiger partial charge < -0.3 is 18.8 Å². The molecular formula is C35H28N2Na2O10S3. The van der Waals surface area contributed by atoms with E-state index >= 15 is 0 Å². The SMILES string of the molecule is Cc1ccc(N=c2ccc3c(-c4ccccc4S(=O)(=O)O)c4ccc(Nc5ccc(C)c(S(=O)(=O)[O-])c5C)cc4oc-3c2)c(C)c1S(=O)(=O)[O-].[Na+].[Na+]. The van der Waals surface area contributed by atoms with Gasteiger partial charge in [0.25, 0.3) is 10.1 Å². The zero-order valence-electron chi connectivity index (χ0n) is 28.9. The molecule has 0 atom stereocenters. The summed E-state index contributed by atoms with van der Waals surface area (Å²) >= 11 is 0. The predicted octanol–water partition coefficient (Wildman–Crippen LogP) is 0.477. The maximum atomic E-state index is 12.5. The third kappa shape index (κ3) is 8.26. The largest absolute Gasteiger partial charge is 1.00 e. The van der Waals surface area contributed by atoms with Crippen LogP contribution in [-0.4, -0.2) is 38.9 Å². The molecule has 0 saturated carbocycles. The summed E-state index contributed by atoms with van der Waals surface area (Å²) in [6.07, 6.45) is 0. The minimum absolute atomic E-state index is 0. The van der Waals surface area contributed by atoms with E-state index in [9.17, 15) is 38.9 Å². The predicted molar refractivity (Wildman–Crippen MR) is 184 cm³/mol. The molecule has 1 aliphatic carbocycles. The maximum absolute atomic E-state index is 12.5. The Morgan fingerprint density at radius 3 is 1.94 bits per heavy atom. The number of rotatable bonds is 7. The smallest absolute Gasteiger partial charge is 0.744 e. The van der Waals surface area contributed by atoms with E-state index in [1.165, 1.54) is 52.0 Å². The fourth-order valence-electron chi connectivity index (χ4n) is 6.18. The Balaban J connectivity index is 0.00000302. The molecule has 0 unspecified atom stereocenters. The summed E-state index contributed by atoms with van der Waals surface area (Å²) in [6, 6.07) is 21.9. The Morgan fingerprint density at radius 2 is 1.31 bits per heavy atom. The monoisotopic (exact) mass is 778 g/mol. The second kappa shape index (κ2) is 15.5. The van der Waals surface area contributed by atoms with Crippen molar-refractivity contribution in [1.29, 1.82) is 0 Å². The molecule has 258 valence electrons. The molecular weight excluding hydrogens is 751 g/mol. The van der Waals surface area contributed by atoms with Crippen LogP contribution in [0.3, 0.4) is 0 Å². The van der Waals surface area contributed by atoms with E-state index in [1.807, 2.05) is 0 Å². The first kappa shape index (κ1) is 41.9. The van der Waals surface area contributed by atoms with Crippen LogP contribution in [0.15, 0.2) is 109 Å². The molecule has 0 radical (unpaired) electrons. The molecule has 2 N–H and O–H groups in total. The molecule has 0 fully saturated rings. The average molecular weight is 779 g/mol. The second-order valence-electron chi connectivity index (χ2n) is 11.7. The fraction of sp³-hybridized carbons (Fsp3) is 0.114. The van der Waals surface area contributed by atoms with Crippen molar-refractivity contribution in [2.45, 2.75) is 42.4 Å². The van der Waals surface area contributed by atoms with E-state index in [0.717, 1.165) is 0 Å². The number of anilines is 2. The molecule has 1 aliphatic heterocycles. The molecule has 6 rings (SSSR count). The summed E-state index contributed by atoms with van der Waals surface area (Å²) in [5.74, 6) is 0.240. The van der Waals surface area contributed by atoms with Gasteiger partial charge in [0.1, 0.15) is 36.5 Å². The van der Waals surface area contributed by atoms with Crippen LogP contribution in [0, 0.1) is 27.7 Å². The van der Waals surface area contributed by atoms with Gasteiger partial charge in [-0.25, -0.2) is 21.8 Å². The van der Waals surface area contributed by atoms with Gasteiger partial charge in [0.2, 0.25) is 0 Å². The Hall–Kier alpha value is -2.90. The number of hydrogen-bond donors (Lipinski definition) is 2. The zero-order chi connectivity index (χ0) is 36.3. The topological polar surface area (TPSA) is 206 Å². The van der Waals surface area contributed by atoms with Crippen molar-refractivity contribution in [2.24, 2.45) is 4.99 Å². The fourth-order valence-corrected chi connectivity index (χ4v) is 8.77. The second-order valence-corrected chi connectivity index (χ2v) is 15.7. The summed E-state index contributed by atoms with van der Waals surface area (Å²) in [6.45, 7) is 6.04. The molecule has 0 amide bonds. The van der Waals surface area contributed by atoms with Crippen LogP contribution in [-0.2, 0) is 30.4 Å². The van der Waals surface area contributed by atoms with Crippen molar-refractivity contribution in [3.05, 3.63) is 113 Å². The molecule has 0 aromatic heterocycles. The molecule has 0 bridgehead atoms. The van der Waals surface area contributed by atoms with E-state index in [2.05, 4.69) is 10.3 Å². The van der Waals surface area contributed by atoms with Crippen LogP contribution in [0.25, 0.3) is 33.4 Å². The molecule has 0 saturated heterocycles. The van der Waals surface area contributed by atoms with Crippen LogP contribution < -0.4 is 69.8 Å². The van der Waals surface area contributed by atoms with Crippen molar-refractivity contribution < 1.29 is 102 Å². The van der Waals surface area contributed by atoms with Crippen LogP contribution in [0.1, 0.15) is 22.3 Å². The Morgan fingerprint density at radius 1 is 0.692 bits per heavy atom. The standard InChI is InChI=1S/C35H30N2O10S3.2Na/c1-19-9-15-28(21(3)34(19)49(41,42)43)36-23-11-13-25-30(17-23)47-31-18-24(37-29-16-10-20(2)35(22(29)4)50(44,45)46)12-14-26(31)33(25)27-7-5-6-8-32(27)48(38,39)40;;/h5-18,36H,1-4H3,(H,38,39,40)(H,41,42,43)(H,44,45,46);;/q;2*+1/p-2. The summed E-state index contributed by atoms with van der Waals surface area (Å²) in [5, 5.41) is 3.92. The summed E-state index contributed by atoms with van der Waals surface area (Å²) in [4.78, 5) is 3.55. The minimum atomic E-state index is -4.78. The molecule has 1 heterocycles. The van der Waals surface area contributed by atoms with Gasteiger partial charge in [0.15, 0.2) is 0 Å². The van der Waals surface area contributed by atoms with Crippen LogP contribution in [0.2, 0.25) is 0 Å². The normalized spacial score (nSPS) is 12.4. The number of benzene rings is 5. The third-order valence-corrected chi connectivity index (χ3v) is 11.5. The first-order valence-electron chi connectivity index (χ1n) is 14.9. The molecule has 4 aromatic carbocycles. The molecule has 0 spiro atoms. The summed E-state index contributed by atoms with van der Waals surface area (Å²) < 4.78 is 113. The number of nitrogens with zero attached hydrogens (tertiary/aromatic N) is 1. The van der Waals surface area contributed by atoms with Gasteiger partial charge in [-0.05, 0) is 92.4 Å². The molecule has 52 heavy (non-hydrogen) atoms. The molecule has 4 aromatic rings. The molecule has 17 heteroatoms. The van der Waals surface area contributed by atoms with Crippen molar-refractivity contribution >= 4 is 58.4 Å². The first-order valence-corrected chi connectivity index (χ1v) is 19.1. The molecule has 12 nitrogen and oxygen atoms in total. The van der Waals surface area contributed by atoms with Gasteiger partial charge in [0, 0.05) is 45.6 Å². The average Bonchev–Trinajstić information content (AvgIpc) is 3.01. The van der Waals surface area contributed by atoms with E-state index < -0.39 is 30.4 Å². The summed E-state index contributed by atoms with van der Waals surface area (Å²) in [7, 11) is -14.2. The van der Waals surface area contributed by atoms with Gasteiger partial charge in [0.05, 0.1) is 20.8 Å². The number of aryl methyl sites for hydroxylation is 2. The van der Waals surface area contributed by atoms with Gasteiger partial charge in [-0.3, -0.25) is 4.55 Å². The van der Waals surface area contributed by atoms with Crippen molar-refractivity contribution in [2.75, 3.05) is 5.32 Å². The van der Waals surface area contributed by atoms with E-state index in [1.54, 1.807) is 60.7 Å². The maximum Gasteiger partial charge on any atom is 1.00 e. The van der Waals surface area contributed by atoms with Crippen molar-refractivity contribution in [1.82, 2.24) is 0 Å². The van der Waals surface area contributed by atoms with Gasteiger partial charge in [-0.1, -0.05) is 30.3 Å². The van der Waals surface area contributed by atoms with E-state index in [-0.39, 0.29) is 113 Å². The Labute approximate surface area is 345 Å². The quantitative estimate of drug-likeness (QED) is 0.130. The minimum Gasteiger partial charge on any atom is -0.744 e. The summed E-state index contributed by atoms with van der Waals surface area (Å²) in [5.41, 5.74) is 3.33. The van der Waals surface area contributed by atoms with Crippen LogP contribution in [0.5, 0.6) is 0 Å². The third-order valence-electron chi connectivity index (χ3n) is 8.35. The van der Waals surface area contributed by atoms with Gasteiger partial charge in [-0.15, -0.1) is 0 Å². The van der Waals surface area contributed by atoms with Crippen molar-refractivity contribution in [3.8, 4) is 22.5 Å². The van der Waals surface area contributed by atoms with E-state index in [4.69, 9.17) is 4.42 Å². The van der Waals surface area contributed by atoms with Crippen LogP contribution in [0.4, 0.5) is 17.1 Å². The first-order chi connectivity index (χ1) is 23.3. The zero-order valence-corrected chi connectivity index (χ0v) is 35.3.